The Bertz CT molecular complexity index is 716. The Morgan fingerprint density at radius 1 is 1.48 bits per heavy atom. The first-order chi connectivity index (χ1) is 10.9. The third-order valence-electron chi connectivity index (χ3n) is 2.74. The molecule has 1 aliphatic heterocycles. The summed E-state index contributed by atoms with van der Waals surface area (Å²) in [5, 5.41) is 2.81. The van der Waals surface area contributed by atoms with Crippen LogP contribution in [0.4, 0.5) is 0 Å². The zero-order valence-corrected chi connectivity index (χ0v) is 15.8. The summed E-state index contributed by atoms with van der Waals surface area (Å²) in [6.45, 7) is 3.81. The lowest BCUT2D eigenvalue weighted by atomic mass is 10.2. The van der Waals surface area contributed by atoms with Gasteiger partial charge in [-0.3, -0.25) is 9.59 Å². The van der Waals surface area contributed by atoms with Crippen LogP contribution in [0.2, 0.25) is 0 Å². The van der Waals surface area contributed by atoms with E-state index in [-0.39, 0.29) is 11.8 Å². The van der Waals surface area contributed by atoms with Crippen molar-refractivity contribution in [1.82, 2.24) is 5.32 Å². The molecule has 1 aromatic rings. The fraction of sp³-hybridized carbons (Fsp3) is 0.267. The second kappa shape index (κ2) is 7.82. The molecule has 8 heteroatoms. The van der Waals surface area contributed by atoms with Crippen LogP contribution < -0.4 is 14.8 Å². The summed E-state index contributed by atoms with van der Waals surface area (Å²) in [5.74, 6) is 0.645. The number of methoxy groups -OCH3 is 1. The van der Waals surface area contributed by atoms with Crippen LogP contribution in [0.5, 0.6) is 11.5 Å². The number of carbonyl (C=O) groups is 2. The maximum absolute atomic E-state index is 11.9. The van der Waals surface area contributed by atoms with Gasteiger partial charge in [0, 0.05) is 6.92 Å². The molecule has 6 nitrogen and oxygen atoms in total. The van der Waals surface area contributed by atoms with Crippen LogP contribution in [-0.4, -0.2) is 30.7 Å². The van der Waals surface area contributed by atoms with E-state index in [0.29, 0.717) is 28.2 Å². The molecule has 122 valence electrons. The molecule has 1 heterocycles. The van der Waals surface area contributed by atoms with E-state index in [1.165, 1.54) is 6.92 Å². The highest BCUT2D eigenvalue weighted by atomic mass is 127. The van der Waals surface area contributed by atoms with Crippen LogP contribution in [-0.2, 0) is 9.59 Å². The maximum Gasteiger partial charge on any atom is 0.286 e. The average Bonchev–Trinajstić information content (AvgIpc) is 2.80. The Labute approximate surface area is 151 Å². The van der Waals surface area contributed by atoms with Crippen LogP contribution in [0.1, 0.15) is 19.4 Å². The van der Waals surface area contributed by atoms with Crippen molar-refractivity contribution in [2.45, 2.75) is 13.8 Å². The van der Waals surface area contributed by atoms with E-state index in [1.807, 2.05) is 13.0 Å². The lowest BCUT2D eigenvalue weighted by molar-refractivity contribution is -0.117. The summed E-state index contributed by atoms with van der Waals surface area (Å²) in [7, 11) is 1.57. The number of hydrogen-bond acceptors (Lipinski definition) is 5. The normalized spacial score (nSPS) is 15.6. The van der Waals surface area contributed by atoms with Gasteiger partial charge in [0.1, 0.15) is 0 Å². The Balaban J connectivity index is 2.28. The van der Waals surface area contributed by atoms with Gasteiger partial charge in [-0.2, -0.15) is 4.99 Å². The maximum atomic E-state index is 11.9. The molecule has 0 atom stereocenters. The molecule has 0 spiro atoms. The second-order valence-corrected chi connectivity index (χ2v) is 6.67. The lowest BCUT2D eigenvalue weighted by Crippen LogP contribution is -2.23. The summed E-state index contributed by atoms with van der Waals surface area (Å²) in [5.41, 5.74) is 0.796. The van der Waals surface area contributed by atoms with E-state index in [9.17, 15) is 9.59 Å². The fourth-order valence-electron chi connectivity index (χ4n) is 1.87. The molecule has 0 saturated carbocycles. The van der Waals surface area contributed by atoms with Gasteiger partial charge >= 0.3 is 0 Å². The third-order valence-corrected chi connectivity index (χ3v) is 4.44. The van der Waals surface area contributed by atoms with Crippen molar-refractivity contribution in [1.29, 1.82) is 0 Å². The SMILES string of the molecule is CCOc1c(I)cc(/C=C2\SC(NC(C)=O)=NC2=O)cc1OC. The van der Waals surface area contributed by atoms with Gasteiger partial charge in [-0.1, -0.05) is 0 Å². The van der Waals surface area contributed by atoms with Gasteiger partial charge in [0.15, 0.2) is 16.7 Å². The van der Waals surface area contributed by atoms with E-state index in [1.54, 1.807) is 19.3 Å². The van der Waals surface area contributed by atoms with Crippen LogP contribution in [0.25, 0.3) is 6.08 Å². The number of benzene rings is 1. The monoisotopic (exact) mass is 446 g/mol. The molecule has 0 radical (unpaired) electrons. The molecule has 1 aliphatic rings. The number of halogens is 1. The van der Waals surface area contributed by atoms with Crippen molar-refractivity contribution in [3.05, 3.63) is 26.2 Å². The van der Waals surface area contributed by atoms with Crippen LogP contribution in [0.3, 0.4) is 0 Å². The number of rotatable bonds is 4. The standard InChI is InChI=1S/C15H15IN2O4S/c1-4-22-13-10(16)5-9(6-11(13)21-3)7-12-14(20)18-15(23-12)17-8(2)19/h5-7H,4H2,1-3H3,(H,17,18,19,20)/b12-7-. The van der Waals surface area contributed by atoms with E-state index < -0.39 is 0 Å². The van der Waals surface area contributed by atoms with Gasteiger partial charge in [0.25, 0.3) is 5.91 Å². The van der Waals surface area contributed by atoms with Crippen LogP contribution >= 0.6 is 34.4 Å². The zero-order chi connectivity index (χ0) is 17.0. The summed E-state index contributed by atoms with van der Waals surface area (Å²) >= 11 is 3.29. The quantitative estimate of drug-likeness (QED) is 0.569. The Kier molecular flexibility index (Phi) is 6.05. The predicted octanol–water partition coefficient (Wildman–Crippen LogP) is 2.80. The van der Waals surface area contributed by atoms with E-state index in [4.69, 9.17) is 9.47 Å². The molecule has 0 fully saturated rings. The van der Waals surface area contributed by atoms with Crippen molar-refractivity contribution in [3.63, 3.8) is 0 Å². The Morgan fingerprint density at radius 2 is 2.22 bits per heavy atom. The largest absolute Gasteiger partial charge is 0.493 e. The molecule has 2 rings (SSSR count). The summed E-state index contributed by atoms with van der Waals surface area (Å²) in [6, 6.07) is 3.69. The molecule has 0 aliphatic carbocycles. The Morgan fingerprint density at radius 3 is 2.83 bits per heavy atom. The highest BCUT2D eigenvalue weighted by Crippen LogP contribution is 2.36. The molecule has 2 amide bonds. The Hall–Kier alpha value is -1.55. The summed E-state index contributed by atoms with van der Waals surface area (Å²) in [4.78, 5) is 27.2. The summed E-state index contributed by atoms with van der Waals surface area (Å²) in [6.07, 6.45) is 1.71. The van der Waals surface area contributed by atoms with E-state index >= 15 is 0 Å². The van der Waals surface area contributed by atoms with Crippen molar-refractivity contribution >= 4 is 57.4 Å². The van der Waals surface area contributed by atoms with Gasteiger partial charge < -0.3 is 14.8 Å². The number of nitrogens with zero attached hydrogens (tertiary/aromatic N) is 1. The van der Waals surface area contributed by atoms with Gasteiger partial charge in [0.2, 0.25) is 5.91 Å². The number of amides is 2. The molecule has 0 aromatic heterocycles. The first-order valence-electron chi connectivity index (χ1n) is 6.75. The predicted molar refractivity (Wildman–Crippen MR) is 98.7 cm³/mol. The average molecular weight is 446 g/mol. The number of amidine groups is 1. The number of hydrogen-bond donors (Lipinski definition) is 1. The van der Waals surface area contributed by atoms with E-state index in [2.05, 4.69) is 32.9 Å². The molecule has 0 unspecified atom stereocenters. The first-order valence-corrected chi connectivity index (χ1v) is 8.64. The minimum Gasteiger partial charge on any atom is -0.493 e. The molecule has 1 aromatic carbocycles. The van der Waals surface area contributed by atoms with E-state index in [0.717, 1.165) is 20.9 Å². The van der Waals surface area contributed by atoms with Gasteiger partial charge in [-0.05, 0) is 65.0 Å². The number of ether oxygens (including phenoxy) is 2. The van der Waals surface area contributed by atoms with Crippen LogP contribution in [0.15, 0.2) is 22.0 Å². The zero-order valence-electron chi connectivity index (χ0n) is 12.8. The number of aliphatic imine (C=N–C) groups is 1. The van der Waals surface area contributed by atoms with Gasteiger partial charge in [-0.15, -0.1) is 0 Å². The smallest absolute Gasteiger partial charge is 0.286 e. The van der Waals surface area contributed by atoms with Crippen molar-refractivity contribution in [3.8, 4) is 11.5 Å². The lowest BCUT2D eigenvalue weighted by Gasteiger charge is -2.12. The number of carbonyl (C=O) groups excluding carboxylic acids is 2. The first kappa shape index (κ1) is 17.8. The summed E-state index contributed by atoms with van der Waals surface area (Å²) < 4.78 is 11.8. The second-order valence-electron chi connectivity index (χ2n) is 4.48. The highest BCUT2D eigenvalue weighted by Gasteiger charge is 2.23. The van der Waals surface area contributed by atoms with Gasteiger partial charge in [-0.25, -0.2) is 0 Å². The molecule has 0 saturated heterocycles. The van der Waals surface area contributed by atoms with Gasteiger partial charge in [0.05, 0.1) is 22.2 Å². The number of nitrogens with one attached hydrogen (secondary N) is 1. The van der Waals surface area contributed by atoms with Crippen molar-refractivity contribution in [2.75, 3.05) is 13.7 Å². The molecular formula is C15H15IN2O4S. The minimum absolute atomic E-state index is 0.261. The van der Waals surface area contributed by atoms with Crippen molar-refractivity contribution < 1.29 is 19.1 Å². The minimum atomic E-state index is -0.374. The van der Waals surface area contributed by atoms with Crippen molar-refractivity contribution in [2.24, 2.45) is 4.99 Å². The molecule has 23 heavy (non-hydrogen) atoms. The third kappa shape index (κ3) is 4.47. The topological polar surface area (TPSA) is 77.0 Å². The number of thioether (sulfide) groups is 1. The van der Waals surface area contributed by atoms with Crippen LogP contribution in [0, 0.1) is 3.57 Å². The molecule has 0 bridgehead atoms. The molecular weight excluding hydrogens is 431 g/mol. The molecule has 1 N–H and O–H groups in total. The fourth-order valence-corrected chi connectivity index (χ4v) is 3.51. The highest BCUT2D eigenvalue weighted by molar-refractivity contribution is 14.1.